The van der Waals surface area contributed by atoms with Crippen LogP contribution in [0.4, 0.5) is 0 Å². The normalized spacial score (nSPS) is 30.4. The van der Waals surface area contributed by atoms with Gasteiger partial charge in [-0.05, 0) is 18.9 Å². The zero-order valence-electron chi connectivity index (χ0n) is 8.15. The zero-order chi connectivity index (χ0) is 9.80. The van der Waals surface area contributed by atoms with Gasteiger partial charge < -0.3 is 14.6 Å². The van der Waals surface area contributed by atoms with Crippen LogP contribution in [0, 0.1) is 0 Å². The summed E-state index contributed by atoms with van der Waals surface area (Å²) in [6, 6.07) is 0. The van der Waals surface area contributed by atoms with Crippen LogP contribution in [0.25, 0.3) is 0 Å². The minimum absolute atomic E-state index is 0.0851. The van der Waals surface area contributed by atoms with Crippen LogP contribution in [-0.4, -0.2) is 42.0 Å². The van der Waals surface area contributed by atoms with Gasteiger partial charge in [0.25, 0.3) is 0 Å². The number of rotatable bonds is 2. The highest BCUT2D eigenvalue weighted by Crippen LogP contribution is 2.22. The van der Waals surface area contributed by atoms with Crippen LogP contribution in [0.2, 0.25) is 0 Å². The Morgan fingerprint density at radius 3 is 3.07 bits per heavy atom. The molecule has 0 aliphatic carbocycles. The minimum atomic E-state index is -0.567. The number of aliphatic hydroxyl groups is 1. The Bertz CT molecular complexity index is 211. The summed E-state index contributed by atoms with van der Waals surface area (Å²) in [5, 5.41) is 9.97. The molecule has 80 valence electrons. The highest BCUT2D eigenvalue weighted by molar-refractivity contribution is 7.99. The Hall–Kier alpha value is -0.190. The maximum atomic E-state index is 9.97. The average Bonchev–Trinajstić information content (AvgIpc) is 2.30. The topological polar surface area (TPSA) is 38.7 Å². The number of allylic oxidation sites excluding steroid dienone is 1. The van der Waals surface area contributed by atoms with Crippen LogP contribution in [0.5, 0.6) is 0 Å². The lowest BCUT2D eigenvalue weighted by molar-refractivity contribution is -0.0323. The third-order valence-corrected chi connectivity index (χ3v) is 3.47. The van der Waals surface area contributed by atoms with E-state index in [1.54, 1.807) is 0 Å². The van der Waals surface area contributed by atoms with Gasteiger partial charge in [-0.3, -0.25) is 0 Å². The molecule has 1 saturated heterocycles. The van der Waals surface area contributed by atoms with E-state index in [2.05, 4.69) is 0 Å². The number of aliphatic hydroxyl groups excluding tert-OH is 1. The summed E-state index contributed by atoms with van der Waals surface area (Å²) in [6.45, 7) is 1.46. The maximum Gasteiger partial charge on any atom is 0.137 e. The molecule has 2 aliphatic heterocycles. The standard InChI is InChI=1S/C10H16O3S/c11-10(8-3-1-2-4-12-8)9-7-14-6-5-13-9/h3,9-11H,1-2,4-7H2. The second kappa shape index (κ2) is 5.05. The first-order valence-electron chi connectivity index (χ1n) is 5.08. The van der Waals surface area contributed by atoms with Gasteiger partial charge in [0.2, 0.25) is 0 Å². The fourth-order valence-electron chi connectivity index (χ4n) is 1.65. The van der Waals surface area contributed by atoms with Gasteiger partial charge >= 0.3 is 0 Å². The average molecular weight is 216 g/mol. The van der Waals surface area contributed by atoms with Crippen molar-refractivity contribution in [3.8, 4) is 0 Å². The van der Waals surface area contributed by atoms with E-state index in [0.717, 1.165) is 37.6 Å². The smallest absolute Gasteiger partial charge is 0.137 e. The molecule has 1 fully saturated rings. The van der Waals surface area contributed by atoms with Crippen molar-refractivity contribution in [1.82, 2.24) is 0 Å². The van der Waals surface area contributed by atoms with Crippen molar-refractivity contribution in [2.75, 3.05) is 24.7 Å². The van der Waals surface area contributed by atoms with Crippen LogP contribution in [0.1, 0.15) is 12.8 Å². The van der Waals surface area contributed by atoms with Gasteiger partial charge in [-0.15, -0.1) is 0 Å². The van der Waals surface area contributed by atoms with Crippen molar-refractivity contribution >= 4 is 11.8 Å². The number of hydrogen-bond donors (Lipinski definition) is 1. The Morgan fingerprint density at radius 2 is 2.43 bits per heavy atom. The molecule has 4 heteroatoms. The molecule has 2 heterocycles. The summed E-state index contributed by atoms with van der Waals surface area (Å²) in [6.07, 6.45) is 3.39. The lowest BCUT2D eigenvalue weighted by Gasteiger charge is -2.29. The molecule has 0 saturated carbocycles. The van der Waals surface area contributed by atoms with Gasteiger partial charge in [-0.2, -0.15) is 11.8 Å². The summed E-state index contributed by atoms with van der Waals surface area (Å²) in [5.74, 6) is 2.61. The van der Waals surface area contributed by atoms with Crippen molar-refractivity contribution in [3.05, 3.63) is 11.8 Å². The van der Waals surface area contributed by atoms with Gasteiger partial charge in [0.05, 0.1) is 19.3 Å². The molecular formula is C10H16O3S. The van der Waals surface area contributed by atoms with Gasteiger partial charge in [-0.1, -0.05) is 0 Å². The predicted molar refractivity (Wildman–Crippen MR) is 56.3 cm³/mol. The lowest BCUT2D eigenvalue weighted by atomic mass is 10.1. The maximum absolute atomic E-state index is 9.97. The first-order valence-corrected chi connectivity index (χ1v) is 6.23. The predicted octanol–water partition coefficient (Wildman–Crippen LogP) is 1.17. The monoisotopic (exact) mass is 216 g/mol. The molecule has 1 N–H and O–H groups in total. The quantitative estimate of drug-likeness (QED) is 0.752. The van der Waals surface area contributed by atoms with Gasteiger partial charge in [0.1, 0.15) is 11.9 Å². The third-order valence-electron chi connectivity index (χ3n) is 2.45. The van der Waals surface area contributed by atoms with Crippen molar-refractivity contribution in [2.24, 2.45) is 0 Å². The van der Waals surface area contributed by atoms with E-state index in [0.29, 0.717) is 5.76 Å². The first-order chi connectivity index (χ1) is 6.88. The van der Waals surface area contributed by atoms with Crippen LogP contribution < -0.4 is 0 Å². The van der Waals surface area contributed by atoms with E-state index < -0.39 is 6.10 Å². The van der Waals surface area contributed by atoms with Gasteiger partial charge in [-0.25, -0.2) is 0 Å². The Labute approximate surface area is 88.5 Å². The van der Waals surface area contributed by atoms with Crippen molar-refractivity contribution in [1.29, 1.82) is 0 Å². The fraction of sp³-hybridized carbons (Fsp3) is 0.800. The largest absolute Gasteiger partial charge is 0.495 e. The van der Waals surface area contributed by atoms with Gasteiger partial charge in [0, 0.05) is 11.5 Å². The molecule has 0 radical (unpaired) electrons. The molecule has 3 nitrogen and oxygen atoms in total. The van der Waals surface area contributed by atoms with Crippen LogP contribution in [0.3, 0.4) is 0 Å². The number of hydrogen-bond acceptors (Lipinski definition) is 4. The van der Waals surface area contributed by atoms with Crippen molar-refractivity contribution in [2.45, 2.75) is 25.0 Å². The molecule has 0 bridgehead atoms. The van der Waals surface area contributed by atoms with E-state index in [-0.39, 0.29) is 6.10 Å². The van der Waals surface area contributed by atoms with Crippen molar-refractivity contribution in [3.63, 3.8) is 0 Å². The van der Waals surface area contributed by atoms with E-state index in [1.807, 2.05) is 17.8 Å². The summed E-state index contributed by atoms with van der Waals surface area (Å²) in [7, 11) is 0. The highest BCUT2D eigenvalue weighted by atomic mass is 32.2. The summed E-state index contributed by atoms with van der Waals surface area (Å²) in [4.78, 5) is 0. The molecule has 0 aromatic carbocycles. The van der Waals surface area contributed by atoms with Crippen molar-refractivity contribution < 1.29 is 14.6 Å². The highest BCUT2D eigenvalue weighted by Gasteiger charge is 2.27. The number of ether oxygens (including phenoxy) is 2. The second-order valence-electron chi connectivity index (χ2n) is 3.53. The molecule has 0 aromatic rings. The Kier molecular flexibility index (Phi) is 3.73. The molecule has 0 spiro atoms. The van der Waals surface area contributed by atoms with Crippen LogP contribution in [0.15, 0.2) is 11.8 Å². The molecule has 0 aromatic heterocycles. The number of thioether (sulfide) groups is 1. The molecule has 2 rings (SSSR count). The Balaban J connectivity index is 1.91. The van der Waals surface area contributed by atoms with Gasteiger partial charge in [0.15, 0.2) is 0 Å². The molecule has 0 amide bonds. The molecule has 2 aliphatic rings. The lowest BCUT2D eigenvalue weighted by Crippen LogP contribution is -2.37. The van der Waals surface area contributed by atoms with E-state index in [4.69, 9.17) is 9.47 Å². The zero-order valence-corrected chi connectivity index (χ0v) is 8.96. The summed E-state index contributed by atoms with van der Waals surface area (Å²) in [5.41, 5.74) is 0. The summed E-state index contributed by atoms with van der Waals surface area (Å²) < 4.78 is 10.9. The minimum Gasteiger partial charge on any atom is -0.495 e. The molecule has 14 heavy (non-hydrogen) atoms. The fourth-order valence-corrected chi connectivity index (χ4v) is 2.55. The van der Waals surface area contributed by atoms with E-state index in [1.165, 1.54) is 0 Å². The van der Waals surface area contributed by atoms with Crippen LogP contribution >= 0.6 is 11.8 Å². The molecular weight excluding hydrogens is 200 g/mol. The summed E-state index contributed by atoms with van der Waals surface area (Å²) >= 11 is 1.83. The second-order valence-corrected chi connectivity index (χ2v) is 4.68. The third kappa shape index (κ3) is 2.43. The molecule has 2 unspecified atom stereocenters. The van der Waals surface area contributed by atoms with E-state index >= 15 is 0 Å². The Morgan fingerprint density at radius 1 is 1.50 bits per heavy atom. The van der Waals surface area contributed by atoms with Crippen LogP contribution in [-0.2, 0) is 9.47 Å². The first kappa shape index (κ1) is 10.3. The molecule has 2 atom stereocenters. The SMILES string of the molecule is OC(C1=CCCCO1)C1CSCCO1. The van der Waals surface area contributed by atoms with E-state index in [9.17, 15) is 5.11 Å².